The number of nitrogens with zero attached hydrogens (tertiary/aromatic N) is 2. The summed E-state index contributed by atoms with van der Waals surface area (Å²) in [5, 5.41) is 13.1. The van der Waals surface area contributed by atoms with Crippen LogP contribution in [0.3, 0.4) is 0 Å². The Morgan fingerprint density at radius 3 is 2.89 bits per heavy atom. The summed E-state index contributed by atoms with van der Waals surface area (Å²) in [5.74, 6) is 0. The van der Waals surface area contributed by atoms with E-state index in [1.54, 1.807) is 0 Å². The van der Waals surface area contributed by atoms with Crippen molar-refractivity contribution in [2.75, 3.05) is 13.1 Å². The van der Waals surface area contributed by atoms with Gasteiger partial charge < -0.3 is 0 Å². The van der Waals surface area contributed by atoms with Gasteiger partial charge in [0.15, 0.2) is 0 Å². The van der Waals surface area contributed by atoms with E-state index in [-0.39, 0.29) is 5.54 Å². The molecule has 0 radical (unpaired) electrons. The second-order valence-corrected chi connectivity index (χ2v) is 6.45. The standard InChI is InChI=1S/C16H29N3/c1-3-10-18-16(13-17)9-8-15(12-16)19-11-6-4-5-7-14(19)2/h14-15,18H,3-12H2,1-2H3. The molecule has 2 aliphatic rings. The topological polar surface area (TPSA) is 39.1 Å². The van der Waals surface area contributed by atoms with E-state index in [1.165, 1.54) is 38.6 Å². The molecule has 0 amide bonds. The molecule has 0 bridgehead atoms. The van der Waals surface area contributed by atoms with Crippen molar-refractivity contribution < 1.29 is 0 Å². The van der Waals surface area contributed by atoms with E-state index in [0.29, 0.717) is 12.1 Å². The molecule has 1 heterocycles. The molecule has 3 unspecified atom stereocenters. The van der Waals surface area contributed by atoms with Crippen LogP contribution in [0.15, 0.2) is 0 Å². The molecule has 0 aromatic heterocycles. The Balaban J connectivity index is 1.97. The molecular formula is C16H29N3. The average molecular weight is 263 g/mol. The maximum absolute atomic E-state index is 9.55. The fraction of sp³-hybridized carbons (Fsp3) is 0.938. The van der Waals surface area contributed by atoms with Gasteiger partial charge in [0.2, 0.25) is 0 Å². The van der Waals surface area contributed by atoms with Crippen LogP contribution in [0.2, 0.25) is 0 Å². The predicted molar refractivity (Wildman–Crippen MR) is 78.9 cm³/mol. The minimum absolute atomic E-state index is 0.243. The number of nitriles is 1. The van der Waals surface area contributed by atoms with Crippen LogP contribution in [-0.2, 0) is 0 Å². The zero-order valence-corrected chi connectivity index (χ0v) is 12.6. The van der Waals surface area contributed by atoms with Crippen molar-refractivity contribution in [2.45, 2.75) is 82.8 Å². The van der Waals surface area contributed by atoms with Crippen LogP contribution < -0.4 is 5.32 Å². The van der Waals surface area contributed by atoms with E-state index in [1.807, 2.05) is 0 Å². The van der Waals surface area contributed by atoms with Gasteiger partial charge in [0, 0.05) is 12.1 Å². The third-order valence-corrected chi connectivity index (χ3v) is 4.99. The van der Waals surface area contributed by atoms with Crippen LogP contribution in [-0.4, -0.2) is 35.6 Å². The average Bonchev–Trinajstić information content (AvgIpc) is 2.73. The van der Waals surface area contributed by atoms with Crippen LogP contribution in [0, 0.1) is 11.3 Å². The molecule has 108 valence electrons. The van der Waals surface area contributed by atoms with Gasteiger partial charge in [-0.05, 0) is 58.5 Å². The molecule has 1 saturated heterocycles. The fourth-order valence-corrected chi connectivity index (χ4v) is 3.81. The van der Waals surface area contributed by atoms with E-state index >= 15 is 0 Å². The summed E-state index contributed by atoms with van der Waals surface area (Å²) in [5.41, 5.74) is -0.243. The molecule has 0 aromatic carbocycles. The smallest absolute Gasteiger partial charge is 0.108 e. The van der Waals surface area contributed by atoms with E-state index in [2.05, 4.69) is 30.1 Å². The summed E-state index contributed by atoms with van der Waals surface area (Å²) < 4.78 is 0. The van der Waals surface area contributed by atoms with Crippen molar-refractivity contribution in [1.82, 2.24) is 10.2 Å². The molecule has 3 heteroatoms. The number of likely N-dealkylation sites (tertiary alicyclic amines) is 1. The molecule has 0 spiro atoms. The van der Waals surface area contributed by atoms with Crippen LogP contribution in [0.25, 0.3) is 0 Å². The summed E-state index contributed by atoms with van der Waals surface area (Å²) in [6.07, 6.45) is 9.77. The summed E-state index contributed by atoms with van der Waals surface area (Å²) in [4.78, 5) is 2.69. The summed E-state index contributed by atoms with van der Waals surface area (Å²) >= 11 is 0. The lowest BCUT2D eigenvalue weighted by atomic mass is 9.98. The minimum Gasteiger partial charge on any atom is -0.299 e. The van der Waals surface area contributed by atoms with E-state index in [4.69, 9.17) is 0 Å². The van der Waals surface area contributed by atoms with Gasteiger partial charge in [-0.25, -0.2) is 0 Å². The lowest BCUT2D eigenvalue weighted by Crippen LogP contribution is -2.46. The van der Waals surface area contributed by atoms with Crippen LogP contribution in [0.5, 0.6) is 0 Å². The van der Waals surface area contributed by atoms with Crippen molar-refractivity contribution in [3.8, 4) is 6.07 Å². The van der Waals surface area contributed by atoms with Crippen LogP contribution in [0.4, 0.5) is 0 Å². The van der Waals surface area contributed by atoms with Gasteiger partial charge in [-0.1, -0.05) is 19.8 Å². The normalized spacial score (nSPS) is 36.9. The predicted octanol–water partition coefficient (Wildman–Crippen LogP) is 3.07. The molecule has 3 nitrogen and oxygen atoms in total. The molecule has 1 saturated carbocycles. The monoisotopic (exact) mass is 263 g/mol. The highest BCUT2D eigenvalue weighted by Crippen LogP contribution is 2.35. The summed E-state index contributed by atoms with van der Waals surface area (Å²) in [7, 11) is 0. The third kappa shape index (κ3) is 3.49. The Morgan fingerprint density at radius 1 is 1.32 bits per heavy atom. The van der Waals surface area contributed by atoms with Crippen LogP contribution in [0.1, 0.15) is 65.2 Å². The molecular weight excluding hydrogens is 234 g/mol. The number of hydrogen-bond donors (Lipinski definition) is 1. The lowest BCUT2D eigenvalue weighted by molar-refractivity contribution is 0.144. The van der Waals surface area contributed by atoms with Crippen molar-refractivity contribution in [3.63, 3.8) is 0 Å². The lowest BCUT2D eigenvalue weighted by Gasteiger charge is -2.34. The SMILES string of the molecule is CCCNC1(C#N)CCC(N2CCCCCC2C)C1. The zero-order valence-electron chi connectivity index (χ0n) is 12.6. The first-order chi connectivity index (χ1) is 9.21. The molecule has 3 atom stereocenters. The van der Waals surface area contributed by atoms with Crippen molar-refractivity contribution in [1.29, 1.82) is 5.26 Å². The molecule has 2 rings (SSSR count). The maximum Gasteiger partial charge on any atom is 0.108 e. The number of hydrogen-bond acceptors (Lipinski definition) is 3. The molecule has 1 aliphatic carbocycles. The highest BCUT2D eigenvalue weighted by atomic mass is 15.2. The van der Waals surface area contributed by atoms with E-state index in [9.17, 15) is 5.26 Å². The zero-order chi connectivity index (χ0) is 13.7. The van der Waals surface area contributed by atoms with Crippen molar-refractivity contribution >= 4 is 0 Å². The Bertz CT molecular complexity index is 322. The van der Waals surface area contributed by atoms with Crippen molar-refractivity contribution in [3.05, 3.63) is 0 Å². The molecule has 1 aliphatic heterocycles. The van der Waals surface area contributed by atoms with Gasteiger partial charge in [-0.15, -0.1) is 0 Å². The maximum atomic E-state index is 9.55. The Morgan fingerprint density at radius 2 is 2.16 bits per heavy atom. The quantitative estimate of drug-likeness (QED) is 0.847. The largest absolute Gasteiger partial charge is 0.299 e. The first-order valence-corrected chi connectivity index (χ1v) is 8.13. The van der Waals surface area contributed by atoms with Gasteiger partial charge >= 0.3 is 0 Å². The molecule has 2 fully saturated rings. The number of rotatable bonds is 4. The molecule has 1 N–H and O–H groups in total. The van der Waals surface area contributed by atoms with E-state index < -0.39 is 0 Å². The highest BCUT2D eigenvalue weighted by Gasteiger charge is 2.42. The van der Waals surface area contributed by atoms with Gasteiger partial charge in [0.25, 0.3) is 0 Å². The minimum atomic E-state index is -0.243. The Kier molecular flexibility index (Phi) is 5.24. The van der Waals surface area contributed by atoms with Gasteiger partial charge in [0.05, 0.1) is 6.07 Å². The fourth-order valence-electron chi connectivity index (χ4n) is 3.81. The highest BCUT2D eigenvalue weighted by molar-refractivity contribution is 5.13. The van der Waals surface area contributed by atoms with Gasteiger partial charge in [-0.2, -0.15) is 5.26 Å². The van der Waals surface area contributed by atoms with Gasteiger partial charge in [-0.3, -0.25) is 10.2 Å². The molecule has 19 heavy (non-hydrogen) atoms. The van der Waals surface area contributed by atoms with Crippen LogP contribution >= 0.6 is 0 Å². The van der Waals surface area contributed by atoms with Crippen molar-refractivity contribution in [2.24, 2.45) is 0 Å². The first-order valence-electron chi connectivity index (χ1n) is 8.13. The third-order valence-electron chi connectivity index (χ3n) is 4.99. The second-order valence-electron chi connectivity index (χ2n) is 6.45. The summed E-state index contributed by atoms with van der Waals surface area (Å²) in [6, 6.07) is 3.90. The number of nitrogens with one attached hydrogen (secondary N) is 1. The van der Waals surface area contributed by atoms with E-state index in [0.717, 1.165) is 25.8 Å². The van der Waals surface area contributed by atoms with Gasteiger partial charge in [0.1, 0.15) is 5.54 Å². The Labute approximate surface area is 118 Å². The summed E-state index contributed by atoms with van der Waals surface area (Å²) in [6.45, 7) is 6.75. The first kappa shape index (κ1) is 14.8. The second kappa shape index (κ2) is 6.72. The Hall–Kier alpha value is -0.590. The molecule has 0 aromatic rings.